The highest BCUT2D eigenvalue weighted by molar-refractivity contribution is 7.72. The quantitative estimate of drug-likeness (QED) is 0.133. The summed E-state index contributed by atoms with van der Waals surface area (Å²) in [7, 11) is 0. The lowest BCUT2D eigenvalue weighted by atomic mass is 10.0. The summed E-state index contributed by atoms with van der Waals surface area (Å²) in [6.07, 6.45) is 5.99. The van der Waals surface area contributed by atoms with E-state index in [9.17, 15) is 19.2 Å². The lowest BCUT2D eigenvalue weighted by Gasteiger charge is -2.13. The molecule has 7 aromatic rings. The molecule has 0 atom stereocenters. The third-order valence-corrected chi connectivity index (χ3v) is 9.34. The van der Waals surface area contributed by atoms with Crippen LogP contribution in [0.5, 0.6) is 0 Å². The van der Waals surface area contributed by atoms with Gasteiger partial charge in [-0.25, -0.2) is 19.2 Å². The lowest BCUT2D eigenvalue weighted by Crippen LogP contribution is -2.26. The topological polar surface area (TPSA) is 125 Å². The maximum absolute atomic E-state index is 13.4. The number of aromatic nitrogens is 4. The van der Waals surface area contributed by atoms with Gasteiger partial charge in [0.2, 0.25) is 0 Å². The summed E-state index contributed by atoms with van der Waals surface area (Å²) in [6.45, 7) is 0. The van der Waals surface area contributed by atoms with Crippen molar-refractivity contribution in [2.75, 3.05) is 0 Å². The molecule has 0 bridgehead atoms. The number of carbonyl (C=O) groups excluding carboxylic acids is 4. The molecule has 56 heavy (non-hydrogen) atoms. The van der Waals surface area contributed by atoms with Gasteiger partial charge in [-0.3, -0.25) is 0 Å². The number of nitrogens with zero attached hydrogens (tertiary/aromatic N) is 4. The van der Waals surface area contributed by atoms with Gasteiger partial charge in [0.05, 0.1) is 34.6 Å². The summed E-state index contributed by atoms with van der Waals surface area (Å²) in [5.74, 6) is -3.00. The van der Waals surface area contributed by atoms with E-state index in [0.717, 1.165) is 14.2 Å². The number of pyridine rings is 4. The van der Waals surface area contributed by atoms with Crippen LogP contribution in [0.25, 0.3) is 21.9 Å². The highest BCUT2D eigenvalue weighted by Crippen LogP contribution is 2.21. The van der Waals surface area contributed by atoms with Crippen LogP contribution in [-0.4, -0.2) is 42.8 Å². The van der Waals surface area contributed by atoms with Gasteiger partial charge >= 0.3 is 23.9 Å². The number of fused-ring (bicyclic) bond motifs is 1. The fourth-order valence-corrected chi connectivity index (χ4v) is 5.96. The van der Waals surface area contributed by atoms with Gasteiger partial charge in [0.25, 0.3) is 0 Å². The molecule has 0 saturated carbocycles. The molecule has 7 rings (SSSR count). The second-order valence-electron chi connectivity index (χ2n) is 11.7. The molecule has 4 heterocycles. The van der Waals surface area contributed by atoms with E-state index < -0.39 is 23.9 Å². The Balaban J connectivity index is 1.07. The van der Waals surface area contributed by atoms with Crippen molar-refractivity contribution in [1.29, 1.82) is 0 Å². The van der Waals surface area contributed by atoms with Crippen LogP contribution in [-0.2, 0) is 0 Å². The first-order chi connectivity index (χ1) is 27.0. The Morgan fingerprint density at radius 2 is 0.768 bits per heavy atom. The zero-order valence-electron chi connectivity index (χ0n) is 28.5. The Morgan fingerprint density at radius 3 is 1.21 bits per heavy atom. The van der Waals surface area contributed by atoms with Gasteiger partial charge in [0.1, 0.15) is 18.6 Å². The normalized spacial score (nSPS) is 10.7. The van der Waals surface area contributed by atoms with Crippen molar-refractivity contribution in [2.24, 2.45) is 0 Å². The lowest BCUT2D eigenvalue weighted by molar-refractivity contribution is 0.0405. The molecule has 0 spiro atoms. The summed E-state index contributed by atoms with van der Waals surface area (Å²) >= 11 is 21.2. The van der Waals surface area contributed by atoms with Crippen LogP contribution >= 0.6 is 48.9 Å². The van der Waals surface area contributed by atoms with E-state index in [0.29, 0.717) is 32.1 Å². The second kappa shape index (κ2) is 16.3. The molecule has 276 valence electrons. The zero-order valence-corrected chi connectivity index (χ0v) is 31.8. The maximum atomic E-state index is 13.4. The highest BCUT2D eigenvalue weighted by atomic mass is 32.1. The summed E-state index contributed by atoms with van der Waals surface area (Å²) in [5, 5.41) is 1.36. The SMILES string of the molecule is O=C(On1ccccc1=S)c1ccc2cc(C(=O)On3cc(-c4ccc(=S)n(OC(=O)c5ccccc5C(=O)On5ccccc5=S)c4)ccc3=S)ccc2c1. The molecule has 0 radical (unpaired) electrons. The number of benzene rings is 3. The fraction of sp³-hybridized carbons (Fsp3) is 0. The summed E-state index contributed by atoms with van der Waals surface area (Å²) in [4.78, 5) is 74.6. The minimum absolute atomic E-state index is 0.0552. The first-order valence-corrected chi connectivity index (χ1v) is 18.0. The predicted molar refractivity (Wildman–Crippen MR) is 214 cm³/mol. The van der Waals surface area contributed by atoms with Gasteiger partial charge in [0.15, 0.2) is 0 Å². The molecule has 0 saturated heterocycles. The van der Waals surface area contributed by atoms with Gasteiger partial charge < -0.3 is 19.4 Å². The van der Waals surface area contributed by atoms with E-state index in [2.05, 4.69) is 0 Å². The number of rotatable bonds is 9. The van der Waals surface area contributed by atoms with Gasteiger partial charge in [-0.1, -0.05) is 85.3 Å². The molecule has 12 nitrogen and oxygen atoms in total. The van der Waals surface area contributed by atoms with Crippen LogP contribution < -0.4 is 19.4 Å². The average Bonchev–Trinajstić information content (AvgIpc) is 3.20. The maximum Gasteiger partial charge on any atom is 0.364 e. The molecular weight excluding hydrogens is 793 g/mol. The minimum Gasteiger partial charge on any atom is -0.330 e. The van der Waals surface area contributed by atoms with Crippen LogP contribution in [0.1, 0.15) is 41.4 Å². The van der Waals surface area contributed by atoms with E-state index in [4.69, 9.17) is 68.2 Å². The molecule has 0 fully saturated rings. The Kier molecular flexibility index (Phi) is 11.0. The van der Waals surface area contributed by atoms with Crippen LogP contribution in [0.4, 0.5) is 0 Å². The fourth-order valence-electron chi connectivity index (χ4n) is 5.30. The molecule has 3 aromatic carbocycles. The van der Waals surface area contributed by atoms with Crippen LogP contribution in [0.2, 0.25) is 0 Å². The largest absolute Gasteiger partial charge is 0.364 e. The molecule has 0 aliphatic carbocycles. The molecular formula is C40H24N4O8S4. The van der Waals surface area contributed by atoms with Gasteiger partial charge in [-0.05, 0) is 95.7 Å². The molecule has 4 aromatic heterocycles. The Hall–Kier alpha value is -6.72. The zero-order chi connectivity index (χ0) is 39.3. The van der Waals surface area contributed by atoms with Crippen molar-refractivity contribution in [3.05, 3.63) is 187 Å². The smallest absolute Gasteiger partial charge is 0.330 e. The number of hydrogen-bond donors (Lipinski definition) is 0. The predicted octanol–water partition coefficient (Wildman–Crippen LogP) is 7.71. The van der Waals surface area contributed by atoms with Crippen molar-refractivity contribution in [1.82, 2.24) is 18.9 Å². The number of hydrogen-bond acceptors (Lipinski definition) is 12. The average molecular weight is 817 g/mol. The van der Waals surface area contributed by atoms with E-state index in [1.165, 1.54) is 35.5 Å². The highest BCUT2D eigenvalue weighted by Gasteiger charge is 2.21. The van der Waals surface area contributed by atoms with Crippen molar-refractivity contribution >= 4 is 83.5 Å². The van der Waals surface area contributed by atoms with Gasteiger partial charge in [-0.15, -0.1) is 0 Å². The first-order valence-electron chi connectivity index (χ1n) is 16.4. The molecule has 0 N–H and O–H groups in total. The van der Waals surface area contributed by atoms with E-state index >= 15 is 0 Å². The third-order valence-electron chi connectivity index (χ3n) is 8.07. The third kappa shape index (κ3) is 8.33. The molecule has 16 heteroatoms. The Bertz CT molecular complexity index is 2970. The van der Waals surface area contributed by atoms with Crippen LogP contribution in [0.15, 0.2) is 146 Å². The number of carbonyl (C=O) groups is 4. The summed E-state index contributed by atoms with van der Waals surface area (Å²) < 4.78 is 5.48. The van der Waals surface area contributed by atoms with Crippen molar-refractivity contribution in [2.45, 2.75) is 0 Å². The van der Waals surface area contributed by atoms with Crippen molar-refractivity contribution < 1.29 is 38.5 Å². The first kappa shape index (κ1) is 37.6. The van der Waals surface area contributed by atoms with E-state index in [1.807, 2.05) is 0 Å². The van der Waals surface area contributed by atoms with Crippen molar-refractivity contribution in [3.8, 4) is 11.1 Å². The summed E-state index contributed by atoms with van der Waals surface area (Å²) in [5.41, 5.74) is 1.45. The Labute approximate surface area is 337 Å². The van der Waals surface area contributed by atoms with Gasteiger partial charge in [0, 0.05) is 23.5 Å². The van der Waals surface area contributed by atoms with E-state index in [-0.39, 0.29) is 30.6 Å². The van der Waals surface area contributed by atoms with Gasteiger partial charge in [-0.2, -0.15) is 18.9 Å². The van der Waals surface area contributed by atoms with Crippen LogP contribution in [0, 0.1) is 18.6 Å². The summed E-state index contributed by atoms with van der Waals surface area (Å²) in [6, 6.07) is 32.3. The Morgan fingerprint density at radius 1 is 0.393 bits per heavy atom. The molecule has 0 amide bonds. The monoisotopic (exact) mass is 816 g/mol. The van der Waals surface area contributed by atoms with Crippen molar-refractivity contribution in [3.63, 3.8) is 0 Å². The minimum atomic E-state index is -0.879. The standard InChI is InChI=1S/C40H24N4O8S4/c45-37(49-41-19-5-3-9-33(41)53)27-13-11-26-22-28(14-12-25(26)21-27)38(46)50-43-23-29(15-17-35(43)55)30-16-18-36(56)44(24-30)52-40(48)32-8-2-1-7-31(32)39(47)51-42-20-6-4-10-34(42)54/h1-24H. The molecule has 0 aliphatic rings. The van der Waals surface area contributed by atoms with E-state index in [1.54, 1.807) is 115 Å². The second-order valence-corrected chi connectivity index (χ2v) is 13.4. The van der Waals surface area contributed by atoms with Crippen LogP contribution in [0.3, 0.4) is 0 Å². The molecule has 0 aliphatic heterocycles. The molecule has 0 unspecified atom stereocenters.